The summed E-state index contributed by atoms with van der Waals surface area (Å²) in [6, 6.07) is 0.749. The molecule has 2 heteroatoms. The third-order valence-electron chi connectivity index (χ3n) is 2.87. The summed E-state index contributed by atoms with van der Waals surface area (Å²) in [7, 11) is 0. The number of rotatable bonds is 5. The van der Waals surface area contributed by atoms with E-state index in [2.05, 4.69) is 11.5 Å². The first-order valence-electron chi connectivity index (χ1n) is 5.43. The summed E-state index contributed by atoms with van der Waals surface area (Å²) in [6.45, 7) is 7.03. The fourth-order valence-corrected chi connectivity index (χ4v) is 2.13. The van der Waals surface area contributed by atoms with Crippen molar-refractivity contribution in [3.05, 3.63) is 12.7 Å². The Morgan fingerprint density at radius 1 is 1.46 bits per heavy atom. The highest BCUT2D eigenvalue weighted by molar-refractivity contribution is 4.79. The lowest BCUT2D eigenvalue weighted by Crippen LogP contribution is -2.41. The molecule has 13 heavy (non-hydrogen) atoms. The van der Waals surface area contributed by atoms with Crippen LogP contribution in [0.15, 0.2) is 12.7 Å². The van der Waals surface area contributed by atoms with Gasteiger partial charge in [-0.05, 0) is 38.8 Å². The van der Waals surface area contributed by atoms with Crippen molar-refractivity contribution < 1.29 is 0 Å². The maximum absolute atomic E-state index is 5.60. The van der Waals surface area contributed by atoms with Crippen molar-refractivity contribution in [1.29, 1.82) is 0 Å². The van der Waals surface area contributed by atoms with Gasteiger partial charge in [-0.3, -0.25) is 0 Å². The molecule has 1 heterocycles. The summed E-state index contributed by atoms with van der Waals surface area (Å²) in [5, 5.41) is 0. The maximum Gasteiger partial charge on any atom is 0.0107 e. The molecule has 0 saturated carbocycles. The third-order valence-corrected chi connectivity index (χ3v) is 2.87. The molecule has 0 spiro atoms. The highest BCUT2D eigenvalue weighted by Crippen LogP contribution is 2.19. The van der Waals surface area contributed by atoms with Gasteiger partial charge in [-0.2, -0.15) is 0 Å². The number of hydrogen-bond acceptors (Lipinski definition) is 2. The topological polar surface area (TPSA) is 29.3 Å². The number of piperidine rings is 1. The average molecular weight is 182 g/mol. The fourth-order valence-electron chi connectivity index (χ4n) is 2.13. The number of likely N-dealkylation sites (tertiary alicyclic amines) is 1. The van der Waals surface area contributed by atoms with Crippen molar-refractivity contribution in [1.82, 2.24) is 4.90 Å². The van der Waals surface area contributed by atoms with Crippen molar-refractivity contribution in [3.8, 4) is 0 Å². The number of nitrogens with zero attached hydrogens (tertiary/aromatic N) is 1. The van der Waals surface area contributed by atoms with Gasteiger partial charge in [0.05, 0.1) is 0 Å². The Balaban J connectivity index is 2.31. The molecule has 1 aliphatic rings. The minimum Gasteiger partial charge on any atom is -0.330 e. The zero-order chi connectivity index (χ0) is 9.52. The molecule has 1 fully saturated rings. The SMILES string of the molecule is C=CCCN1CCCCC1CCN. The van der Waals surface area contributed by atoms with Crippen molar-refractivity contribution in [2.75, 3.05) is 19.6 Å². The predicted molar refractivity (Wildman–Crippen MR) is 57.7 cm³/mol. The lowest BCUT2D eigenvalue weighted by molar-refractivity contribution is 0.145. The van der Waals surface area contributed by atoms with Gasteiger partial charge in [-0.15, -0.1) is 6.58 Å². The second kappa shape index (κ2) is 6.17. The van der Waals surface area contributed by atoms with Gasteiger partial charge in [0.25, 0.3) is 0 Å². The molecule has 2 nitrogen and oxygen atoms in total. The first-order valence-corrected chi connectivity index (χ1v) is 5.43. The van der Waals surface area contributed by atoms with Gasteiger partial charge >= 0.3 is 0 Å². The van der Waals surface area contributed by atoms with Crippen LogP contribution in [0.3, 0.4) is 0 Å². The van der Waals surface area contributed by atoms with Crippen LogP contribution in [0.25, 0.3) is 0 Å². The van der Waals surface area contributed by atoms with Gasteiger partial charge < -0.3 is 10.6 Å². The molecule has 0 aromatic carbocycles. The van der Waals surface area contributed by atoms with Crippen LogP contribution in [-0.2, 0) is 0 Å². The molecule has 0 radical (unpaired) electrons. The van der Waals surface area contributed by atoms with E-state index in [1.807, 2.05) is 6.08 Å². The van der Waals surface area contributed by atoms with E-state index in [0.29, 0.717) is 0 Å². The summed E-state index contributed by atoms with van der Waals surface area (Å²) in [5.74, 6) is 0. The zero-order valence-corrected chi connectivity index (χ0v) is 8.54. The molecular formula is C11H22N2. The van der Waals surface area contributed by atoms with Crippen molar-refractivity contribution in [2.24, 2.45) is 5.73 Å². The Kier molecular flexibility index (Phi) is 5.09. The summed E-state index contributed by atoms with van der Waals surface area (Å²) in [4.78, 5) is 2.58. The monoisotopic (exact) mass is 182 g/mol. The number of nitrogens with two attached hydrogens (primary N) is 1. The van der Waals surface area contributed by atoms with Crippen LogP contribution >= 0.6 is 0 Å². The van der Waals surface area contributed by atoms with Gasteiger partial charge in [-0.1, -0.05) is 12.5 Å². The molecule has 0 aliphatic carbocycles. The standard InChI is InChI=1S/C11H22N2/c1-2-3-9-13-10-5-4-6-11(13)7-8-12/h2,11H,1,3-10,12H2. The van der Waals surface area contributed by atoms with Crippen molar-refractivity contribution >= 4 is 0 Å². The average Bonchev–Trinajstić information content (AvgIpc) is 2.17. The van der Waals surface area contributed by atoms with Crippen molar-refractivity contribution in [2.45, 2.75) is 38.1 Å². The highest BCUT2D eigenvalue weighted by Gasteiger charge is 2.20. The van der Waals surface area contributed by atoms with Crippen LogP contribution in [-0.4, -0.2) is 30.6 Å². The summed E-state index contributed by atoms with van der Waals surface area (Å²) in [6.07, 6.45) is 8.37. The first-order chi connectivity index (χ1) is 6.38. The minimum absolute atomic E-state index is 0.749. The van der Waals surface area contributed by atoms with E-state index in [4.69, 9.17) is 5.73 Å². The van der Waals surface area contributed by atoms with E-state index in [0.717, 1.165) is 25.4 Å². The van der Waals surface area contributed by atoms with Gasteiger partial charge in [0.15, 0.2) is 0 Å². The molecule has 1 atom stereocenters. The summed E-state index contributed by atoms with van der Waals surface area (Å²) >= 11 is 0. The Hall–Kier alpha value is -0.340. The second-order valence-electron chi connectivity index (χ2n) is 3.84. The first kappa shape index (κ1) is 10.7. The van der Waals surface area contributed by atoms with Crippen molar-refractivity contribution in [3.63, 3.8) is 0 Å². The quantitative estimate of drug-likeness (QED) is 0.657. The van der Waals surface area contributed by atoms with E-state index in [9.17, 15) is 0 Å². The Morgan fingerprint density at radius 3 is 3.00 bits per heavy atom. The lowest BCUT2D eigenvalue weighted by Gasteiger charge is -2.35. The van der Waals surface area contributed by atoms with Crippen LogP contribution in [0.4, 0.5) is 0 Å². The smallest absolute Gasteiger partial charge is 0.0107 e. The van der Waals surface area contributed by atoms with Gasteiger partial charge in [-0.25, -0.2) is 0 Å². The Labute approximate surface area is 81.8 Å². The molecular weight excluding hydrogens is 160 g/mol. The van der Waals surface area contributed by atoms with Crippen LogP contribution in [0.1, 0.15) is 32.1 Å². The third kappa shape index (κ3) is 3.49. The van der Waals surface area contributed by atoms with E-state index in [1.54, 1.807) is 0 Å². The predicted octanol–water partition coefficient (Wildman–Crippen LogP) is 1.77. The molecule has 76 valence electrons. The van der Waals surface area contributed by atoms with E-state index < -0.39 is 0 Å². The molecule has 0 aromatic heterocycles. The Bertz CT molecular complexity index is 143. The summed E-state index contributed by atoms with van der Waals surface area (Å²) in [5.41, 5.74) is 5.60. The Morgan fingerprint density at radius 2 is 2.31 bits per heavy atom. The van der Waals surface area contributed by atoms with Gasteiger partial charge in [0.2, 0.25) is 0 Å². The second-order valence-corrected chi connectivity index (χ2v) is 3.84. The fraction of sp³-hybridized carbons (Fsp3) is 0.818. The van der Waals surface area contributed by atoms with Crippen LogP contribution in [0, 0.1) is 0 Å². The molecule has 1 aliphatic heterocycles. The normalized spacial score (nSPS) is 24.5. The molecule has 0 amide bonds. The molecule has 1 rings (SSSR count). The molecule has 0 aromatic rings. The highest BCUT2D eigenvalue weighted by atomic mass is 15.2. The zero-order valence-electron chi connectivity index (χ0n) is 8.54. The minimum atomic E-state index is 0.749. The van der Waals surface area contributed by atoms with E-state index in [1.165, 1.54) is 32.4 Å². The van der Waals surface area contributed by atoms with Crippen LogP contribution in [0.2, 0.25) is 0 Å². The molecule has 2 N–H and O–H groups in total. The molecule has 1 unspecified atom stereocenters. The van der Waals surface area contributed by atoms with Gasteiger partial charge in [0.1, 0.15) is 0 Å². The van der Waals surface area contributed by atoms with Crippen LogP contribution in [0.5, 0.6) is 0 Å². The molecule has 0 bridgehead atoms. The maximum atomic E-state index is 5.60. The van der Waals surface area contributed by atoms with Crippen LogP contribution < -0.4 is 5.73 Å². The van der Waals surface area contributed by atoms with E-state index in [-0.39, 0.29) is 0 Å². The lowest BCUT2D eigenvalue weighted by atomic mass is 9.99. The largest absolute Gasteiger partial charge is 0.330 e. The van der Waals surface area contributed by atoms with E-state index >= 15 is 0 Å². The summed E-state index contributed by atoms with van der Waals surface area (Å²) < 4.78 is 0. The van der Waals surface area contributed by atoms with Gasteiger partial charge in [0, 0.05) is 12.6 Å². The number of hydrogen-bond donors (Lipinski definition) is 1. The molecule has 1 saturated heterocycles.